The highest BCUT2D eigenvalue weighted by Gasteiger charge is 2.31. The molecule has 0 fully saturated rings. The van der Waals surface area contributed by atoms with Crippen LogP contribution in [0.15, 0.2) is 0 Å². The molecule has 13 heavy (non-hydrogen) atoms. The number of aliphatic carboxylic acids is 2. The second-order valence-electron chi connectivity index (χ2n) is 2.61. The minimum Gasteiger partial charge on any atom is -0.481 e. The van der Waals surface area contributed by atoms with Crippen LogP contribution in [-0.2, 0) is 9.59 Å². The molecule has 0 aliphatic rings. The number of hydrogen-bond donors (Lipinski definition) is 3. The molecule has 0 radical (unpaired) electrons. The van der Waals surface area contributed by atoms with Crippen molar-refractivity contribution in [2.75, 3.05) is 0 Å². The van der Waals surface area contributed by atoms with Gasteiger partial charge in [0.15, 0.2) is 5.92 Å². The molecule has 0 rings (SSSR count). The molecule has 0 aliphatic carbocycles. The van der Waals surface area contributed by atoms with E-state index in [2.05, 4.69) is 0 Å². The van der Waals surface area contributed by atoms with E-state index in [4.69, 9.17) is 15.9 Å². The smallest absolute Gasteiger partial charge is 0.319 e. The van der Waals surface area contributed by atoms with Gasteiger partial charge < -0.3 is 15.9 Å². The molecule has 0 unspecified atom stereocenters. The summed E-state index contributed by atoms with van der Waals surface area (Å²) in [5.41, 5.74) is 5.37. The molecule has 5 nitrogen and oxygen atoms in total. The first-order valence-corrected chi connectivity index (χ1v) is 3.71. The summed E-state index contributed by atoms with van der Waals surface area (Å²) in [6.45, 7) is 1.82. The largest absolute Gasteiger partial charge is 0.481 e. The Labute approximate surface area is 82.3 Å². The lowest BCUT2D eigenvalue weighted by atomic mass is 9.97. The van der Waals surface area contributed by atoms with E-state index >= 15 is 0 Å². The third kappa shape index (κ3) is 4.69. The predicted molar refractivity (Wildman–Crippen MR) is 48.9 cm³/mol. The molecule has 0 bridgehead atoms. The molecule has 0 aromatic rings. The predicted octanol–water partition coefficient (Wildman–Crippen LogP) is 0.321. The van der Waals surface area contributed by atoms with Crippen LogP contribution in [0.4, 0.5) is 0 Å². The van der Waals surface area contributed by atoms with Crippen molar-refractivity contribution in [3.05, 3.63) is 0 Å². The highest BCUT2D eigenvalue weighted by atomic mass is 35.5. The first kappa shape index (κ1) is 14.7. The molecule has 78 valence electrons. The zero-order valence-electron chi connectivity index (χ0n) is 7.27. The maximum atomic E-state index is 10.4. The normalized spacial score (nSPS) is 11.9. The first-order chi connectivity index (χ1) is 5.50. The third-order valence-electron chi connectivity index (χ3n) is 1.58. The molecular formula is C7H14ClNO4. The summed E-state index contributed by atoms with van der Waals surface area (Å²) >= 11 is 0. The molecule has 1 atom stereocenters. The van der Waals surface area contributed by atoms with Gasteiger partial charge in [-0.3, -0.25) is 9.59 Å². The summed E-state index contributed by atoms with van der Waals surface area (Å²) in [7, 11) is 0. The molecule has 0 aliphatic heterocycles. The molecule has 0 aromatic carbocycles. The number of rotatable bonds is 5. The van der Waals surface area contributed by atoms with Crippen molar-refractivity contribution >= 4 is 24.3 Å². The molecule has 0 saturated carbocycles. The van der Waals surface area contributed by atoms with Gasteiger partial charge in [0.05, 0.1) is 0 Å². The molecule has 0 heterocycles. The van der Waals surface area contributed by atoms with Gasteiger partial charge in [-0.15, -0.1) is 12.4 Å². The maximum Gasteiger partial charge on any atom is 0.319 e. The lowest BCUT2D eigenvalue weighted by Gasteiger charge is -2.14. The topological polar surface area (TPSA) is 101 Å². The number of nitrogens with two attached hydrogens (primary N) is 1. The van der Waals surface area contributed by atoms with E-state index < -0.39 is 23.9 Å². The Kier molecular flexibility index (Phi) is 7.55. The van der Waals surface area contributed by atoms with Crippen LogP contribution < -0.4 is 5.73 Å². The highest BCUT2D eigenvalue weighted by Crippen LogP contribution is 2.07. The summed E-state index contributed by atoms with van der Waals surface area (Å²) in [4.78, 5) is 20.8. The van der Waals surface area contributed by atoms with E-state index in [1.54, 1.807) is 0 Å². The second-order valence-corrected chi connectivity index (χ2v) is 2.61. The van der Waals surface area contributed by atoms with Crippen LogP contribution in [0, 0.1) is 5.92 Å². The highest BCUT2D eigenvalue weighted by molar-refractivity contribution is 5.93. The number of carboxylic acids is 2. The Morgan fingerprint density at radius 2 is 1.69 bits per heavy atom. The van der Waals surface area contributed by atoms with Crippen LogP contribution in [0.5, 0.6) is 0 Å². The van der Waals surface area contributed by atoms with Gasteiger partial charge in [-0.25, -0.2) is 0 Å². The van der Waals surface area contributed by atoms with Gasteiger partial charge in [0.25, 0.3) is 0 Å². The standard InChI is InChI=1S/C7H13NO4.ClH/c1-2-3-4(8)5(6(9)10)7(11)12;/h4-5H,2-3,8H2,1H3,(H,9,10)(H,11,12);1H/t4-;/m0./s1. The van der Waals surface area contributed by atoms with Crippen molar-refractivity contribution in [2.24, 2.45) is 11.7 Å². The third-order valence-corrected chi connectivity index (χ3v) is 1.58. The number of carbonyl (C=O) groups is 2. The zero-order chi connectivity index (χ0) is 9.72. The zero-order valence-corrected chi connectivity index (χ0v) is 8.08. The van der Waals surface area contributed by atoms with Crippen LogP contribution in [0.3, 0.4) is 0 Å². The van der Waals surface area contributed by atoms with Crippen molar-refractivity contribution in [3.8, 4) is 0 Å². The fourth-order valence-electron chi connectivity index (χ4n) is 0.972. The molecule has 4 N–H and O–H groups in total. The average molecular weight is 212 g/mol. The molecule has 0 aromatic heterocycles. The van der Waals surface area contributed by atoms with Crippen molar-refractivity contribution in [3.63, 3.8) is 0 Å². The average Bonchev–Trinajstić information content (AvgIpc) is 1.85. The van der Waals surface area contributed by atoms with Gasteiger partial charge >= 0.3 is 11.9 Å². The van der Waals surface area contributed by atoms with Gasteiger partial charge in [-0.1, -0.05) is 13.3 Å². The van der Waals surface area contributed by atoms with Crippen molar-refractivity contribution in [2.45, 2.75) is 25.8 Å². The van der Waals surface area contributed by atoms with Crippen LogP contribution in [0.2, 0.25) is 0 Å². The summed E-state index contributed by atoms with van der Waals surface area (Å²) in [6, 6.07) is -0.801. The molecule has 6 heteroatoms. The quantitative estimate of drug-likeness (QED) is 0.569. The van der Waals surface area contributed by atoms with Crippen LogP contribution in [0.1, 0.15) is 19.8 Å². The Morgan fingerprint density at radius 3 is 1.92 bits per heavy atom. The number of carboxylic acid groups (broad SMARTS) is 2. The van der Waals surface area contributed by atoms with Gasteiger partial charge in [0.1, 0.15) is 0 Å². The maximum absolute atomic E-state index is 10.4. The van der Waals surface area contributed by atoms with Crippen LogP contribution >= 0.6 is 12.4 Å². The fourth-order valence-corrected chi connectivity index (χ4v) is 0.972. The minimum atomic E-state index is -1.48. The van der Waals surface area contributed by atoms with E-state index in [9.17, 15) is 9.59 Å². The Morgan fingerprint density at radius 1 is 1.31 bits per heavy atom. The first-order valence-electron chi connectivity index (χ1n) is 3.71. The SMILES string of the molecule is CCC[C@H](N)C(C(=O)O)C(=O)O.Cl. The van der Waals surface area contributed by atoms with E-state index in [1.165, 1.54) is 0 Å². The summed E-state index contributed by atoms with van der Waals surface area (Å²) < 4.78 is 0. The van der Waals surface area contributed by atoms with Gasteiger partial charge in [-0.05, 0) is 6.42 Å². The van der Waals surface area contributed by atoms with E-state index in [-0.39, 0.29) is 12.4 Å². The molecule has 0 saturated heterocycles. The number of halogens is 1. The Balaban J connectivity index is 0. The Hall–Kier alpha value is -0.810. The second kappa shape index (κ2) is 6.68. The van der Waals surface area contributed by atoms with Crippen molar-refractivity contribution in [1.82, 2.24) is 0 Å². The fraction of sp³-hybridized carbons (Fsp3) is 0.714. The van der Waals surface area contributed by atoms with Crippen LogP contribution in [0.25, 0.3) is 0 Å². The van der Waals surface area contributed by atoms with Gasteiger partial charge in [-0.2, -0.15) is 0 Å². The van der Waals surface area contributed by atoms with Gasteiger partial charge in [0, 0.05) is 6.04 Å². The lowest BCUT2D eigenvalue weighted by Crippen LogP contribution is -2.40. The van der Waals surface area contributed by atoms with Gasteiger partial charge in [0.2, 0.25) is 0 Å². The van der Waals surface area contributed by atoms with Crippen molar-refractivity contribution in [1.29, 1.82) is 0 Å². The lowest BCUT2D eigenvalue weighted by molar-refractivity contribution is -0.155. The van der Waals surface area contributed by atoms with Crippen LogP contribution in [-0.4, -0.2) is 28.2 Å². The molecule has 0 amide bonds. The van der Waals surface area contributed by atoms with E-state index in [0.29, 0.717) is 12.8 Å². The molecule has 0 spiro atoms. The summed E-state index contributed by atoms with van der Waals surface area (Å²) in [5, 5.41) is 17.0. The monoisotopic (exact) mass is 211 g/mol. The van der Waals surface area contributed by atoms with Crippen molar-refractivity contribution < 1.29 is 19.8 Å². The van der Waals surface area contributed by atoms with E-state index in [1.807, 2.05) is 6.92 Å². The molecular weight excluding hydrogens is 198 g/mol. The van der Waals surface area contributed by atoms with E-state index in [0.717, 1.165) is 0 Å². The minimum absolute atomic E-state index is 0. The summed E-state index contributed by atoms with van der Waals surface area (Å²) in [5.74, 6) is -4.23. The Bertz CT molecular complexity index is 171. The summed E-state index contributed by atoms with van der Waals surface area (Å²) in [6.07, 6.45) is 1.08. The number of hydrogen-bond acceptors (Lipinski definition) is 3.